The topological polar surface area (TPSA) is 155 Å². The van der Waals surface area contributed by atoms with Gasteiger partial charge in [-0.25, -0.2) is 9.59 Å². The molecule has 44 heavy (non-hydrogen) atoms. The highest BCUT2D eigenvalue weighted by Crippen LogP contribution is 2.43. The third-order valence-electron chi connectivity index (χ3n) is 8.59. The minimum atomic E-state index is -2.81. The Morgan fingerprint density at radius 1 is 1.05 bits per heavy atom. The maximum atomic E-state index is 12.9. The first kappa shape index (κ1) is 32.9. The molecule has 0 saturated heterocycles. The highest BCUT2D eigenvalue weighted by Gasteiger charge is 2.43. The van der Waals surface area contributed by atoms with Gasteiger partial charge in [-0.2, -0.15) is 5.06 Å². The molecule has 1 fully saturated rings. The standard InChI is InChI=1S/C32H40N4O7S/c1-35(2)31(24-8-4-3-5-9-24)15-12-22(13-16-31)21-36(43-28(39)19-32(42,29(40)41)18-27(37)38)30(44)33-17-14-23-20-34-26-11-7-6-10-25(23)26/h3-11,20,22,34,42H,12-19,21H2,1-2H3,(H,33,44)(H,37,38)(H,40,41). The second-order valence-corrected chi connectivity index (χ2v) is 12.1. The van der Waals surface area contributed by atoms with Gasteiger partial charge in [-0.1, -0.05) is 48.5 Å². The lowest BCUT2D eigenvalue weighted by molar-refractivity contribution is -0.187. The van der Waals surface area contributed by atoms with Gasteiger partial charge in [0.15, 0.2) is 5.60 Å². The lowest BCUT2D eigenvalue weighted by atomic mass is 9.72. The third kappa shape index (κ3) is 7.74. The van der Waals surface area contributed by atoms with Gasteiger partial charge in [0.2, 0.25) is 5.11 Å². The van der Waals surface area contributed by atoms with Gasteiger partial charge in [0.05, 0.1) is 19.4 Å². The maximum Gasteiger partial charge on any atom is 0.336 e. The fourth-order valence-electron chi connectivity index (χ4n) is 6.06. The van der Waals surface area contributed by atoms with Gasteiger partial charge in [-0.3, -0.25) is 9.69 Å². The van der Waals surface area contributed by atoms with E-state index in [1.54, 1.807) is 0 Å². The van der Waals surface area contributed by atoms with Crippen molar-refractivity contribution in [3.63, 3.8) is 0 Å². The van der Waals surface area contributed by atoms with Gasteiger partial charge in [0.25, 0.3) is 0 Å². The van der Waals surface area contributed by atoms with E-state index in [-0.39, 0.29) is 23.1 Å². The van der Waals surface area contributed by atoms with Crippen LogP contribution in [-0.4, -0.2) is 86.1 Å². The molecular weight excluding hydrogens is 584 g/mol. The zero-order valence-electron chi connectivity index (χ0n) is 25.0. The number of aliphatic hydroxyl groups is 1. The van der Waals surface area contributed by atoms with E-state index in [0.717, 1.165) is 42.1 Å². The minimum Gasteiger partial charge on any atom is -0.481 e. The largest absolute Gasteiger partial charge is 0.481 e. The molecule has 1 atom stereocenters. The Balaban J connectivity index is 1.45. The van der Waals surface area contributed by atoms with Gasteiger partial charge < -0.3 is 30.5 Å². The SMILES string of the molecule is CN(C)C1(c2ccccc2)CCC(CN(OC(=O)CC(O)(CC(=O)O)C(=O)O)C(=S)NCCc2c[nH]c3ccccc23)CC1. The number of aromatic amines is 1. The number of fused-ring (bicyclic) bond motifs is 1. The van der Waals surface area contributed by atoms with E-state index in [1.165, 1.54) is 10.6 Å². The van der Waals surface area contributed by atoms with E-state index in [9.17, 15) is 24.6 Å². The van der Waals surface area contributed by atoms with Gasteiger partial charge in [-0.05, 0) is 81.5 Å². The molecule has 1 heterocycles. The van der Waals surface area contributed by atoms with Crippen LogP contribution < -0.4 is 5.32 Å². The molecule has 0 amide bonds. The molecule has 1 aliphatic carbocycles. The molecule has 1 aromatic heterocycles. The van der Waals surface area contributed by atoms with Crippen LogP contribution in [0.15, 0.2) is 60.8 Å². The Morgan fingerprint density at radius 2 is 1.70 bits per heavy atom. The molecule has 12 heteroatoms. The molecule has 1 aliphatic rings. The van der Waals surface area contributed by atoms with Gasteiger partial charge in [-0.15, -0.1) is 0 Å². The number of nitrogens with zero attached hydrogens (tertiary/aromatic N) is 2. The number of hydroxylamine groups is 2. The van der Waals surface area contributed by atoms with Crippen molar-refractivity contribution in [3.8, 4) is 0 Å². The van der Waals surface area contributed by atoms with Crippen molar-refractivity contribution in [3.05, 3.63) is 71.9 Å². The summed E-state index contributed by atoms with van der Waals surface area (Å²) >= 11 is 5.63. The Labute approximate surface area is 261 Å². The van der Waals surface area contributed by atoms with Crippen LogP contribution in [0.4, 0.5) is 0 Å². The first-order valence-corrected chi connectivity index (χ1v) is 15.1. The van der Waals surface area contributed by atoms with Crippen molar-refractivity contribution in [1.82, 2.24) is 20.3 Å². The molecule has 2 aromatic carbocycles. The number of carboxylic acid groups (broad SMARTS) is 2. The predicted molar refractivity (Wildman–Crippen MR) is 169 cm³/mol. The number of benzene rings is 2. The van der Waals surface area contributed by atoms with Gasteiger partial charge >= 0.3 is 17.9 Å². The number of hydrogen-bond donors (Lipinski definition) is 5. The first-order valence-electron chi connectivity index (χ1n) is 14.7. The van der Waals surface area contributed by atoms with E-state index >= 15 is 0 Å². The van der Waals surface area contributed by atoms with Gasteiger partial charge in [0, 0.05) is 29.2 Å². The van der Waals surface area contributed by atoms with Crippen LogP contribution in [0.1, 0.15) is 49.7 Å². The number of thiocarbonyl (C=S) groups is 1. The molecule has 1 saturated carbocycles. The average Bonchev–Trinajstić information content (AvgIpc) is 3.40. The molecule has 0 spiro atoms. The van der Waals surface area contributed by atoms with Crippen molar-refractivity contribution in [2.45, 2.75) is 56.1 Å². The second kappa shape index (κ2) is 14.2. The van der Waals surface area contributed by atoms with E-state index in [0.29, 0.717) is 13.0 Å². The summed E-state index contributed by atoms with van der Waals surface area (Å²) in [5, 5.41) is 34.5. The smallest absolute Gasteiger partial charge is 0.336 e. The normalized spacial score (nSPS) is 19.7. The van der Waals surface area contributed by atoms with Gasteiger partial charge in [0.1, 0.15) is 0 Å². The van der Waals surface area contributed by atoms with Crippen LogP contribution in [0.5, 0.6) is 0 Å². The molecule has 5 N–H and O–H groups in total. The number of rotatable bonds is 12. The summed E-state index contributed by atoms with van der Waals surface area (Å²) in [4.78, 5) is 46.7. The van der Waals surface area contributed by atoms with Crippen LogP contribution in [-0.2, 0) is 31.2 Å². The Kier molecular flexibility index (Phi) is 10.6. The van der Waals surface area contributed by atoms with Crippen LogP contribution in [0.2, 0.25) is 0 Å². The quantitative estimate of drug-likeness (QED) is 0.148. The Morgan fingerprint density at radius 3 is 2.34 bits per heavy atom. The van der Waals surface area contributed by atoms with Crippen molar-refractivity contribution < 1.29 is 34.5 Å². The lowest BCUT2D eigenvalue weighted by Crippen LogP contribution is -2.49. The lowest BCUT2D eigenvalue weighted by Gasteiger charge is -2.46. The molecule has 0 bridgehead atoms. The average molecular weight is 625 g/mol. The highest BCUT2D eigenvalue weighted by molar-refractivity contribution is 7.80. The molecule has 1 unspecified atom stereocenters. The minimum absolute atomic E-state index is 0.102. The predicted octanol–water partition coefficient (Wildman–Crippen LogP) is 3.67. The zero-order chi connectivity index (χ0) is 31.9. The summed E-state index contributed by atoms with van der Waals surface area (Å²) in [5.41, 5.74) is 0.409. The van der Waals surface area contributed by atoms with Crippen molar-refractivity contribution >= 4 is 46.1 Å². The highest BCUT2D eigenvalue weighted by atomic mass is 32.1. The fraction of sp³-hybridized carbons (Fsp3) is 0.438. The Bertz CT molecular complexity index is 1470. The summed E-state index contributed by atoms with van der Waals surface area (Å²) < 4.78 is 0. The number of aromatic nitrogens is 1. The van der Waals surface area contributed by atoms with Crippen LogP contribution >= 0.6 is 12.2 Å². The molecule has 236 valence electrons. The molecule has 4 rings (SSSR count). The fourth-order valence-corrected chi connectivity index (χ4v) is 6.28. The molecule has 11 nitrogen and oxygen atoms in total. The summed E-state index contributed by atoms with van der Waals surface area (Å²) in [5.74, 6) is -4.37. The molecular formula is C32H40N4O7S. The van der Waals surface area contributed by atoms with Crippen LogP contribution in [0.25, 0.3) is 10.9 Å². The van der Waals surface area contributed by atoms with E-state index in [2.05, 4.69) is 41.4 Å². The number of carboxylic acids is 2. The molecule has 3 aromatic rings. The molecule has 0 aliphatic heterocycles. The Hall–Kier alpha value is -4.00. The van der Waals surface area contributed by atoms with Crippen LogP contribution in [0.3, 0.4) is 0 Å². The zero-order valence-corrected chi connectivity index (χ0v) is 25.8. The monoisotopic (exact) mass is 624 g/mol. The number of aliphatic carboxylic acids is 2. The second-order valence-electron chi connectivity index (χ2n) is 11.7. The molecule has 0 radical (unpaired) electrons. The van der Waals surface area contributed by atoms with Crippen LogP contribution in [0, 0.1) is 5.92 Å². The summed E-state index contributed by atoms with van der Waals surface area (Å²) in [7, 11) is 4.16. The number of carbonyl (C=O) groups excluding carboxylic acids is 1. The van der Waals surface area contributed by atoms with E-state index in [1.807, 2.05) is 48.7 Å². The van der Waals surface area contributed by atoms with Crippen molar-refractivity contribution in [1.29, 1.82) is 0 Å². The third-order valence-corrected chi connectivity index (χ3v) is 8.93. The summed E-state index contributed by atoms with van der Waals surface area (Å²) in [6.07, 6.45) is 3.74. The summed E-state index contributed by atoms with van der Waals surface area (Å²) in [6, 6.07) is 18.3. The van der Waals surface area contributed by atoms with E-state index < -0.39 is 36.4 Å². The number of hydrogen-bond acceptors (Lipinski definition) is 7. The van der Waals surface area contributed by atoms with E-state index in [4.69, 9.17) is 22.2 Å². The number of H-pyrrole nitrogens is 1. The van der Waals surface area contributed by atoms with Crippen molar-refractivity contribution in [2.75, 3.05) is 27.2 Å². The first-order chi connectivity index (χ1) is 20.9. The summed E-state index contributed by atoms with van der Waals surface area (Å²) in [6.45, 7) is 0.697. The maximum absolute atomic E-state index is 12.9. The number of nitrogens with one attached hydrogen (secondary N) is 2. The number of para-hydroxylation sites is 1. The van der Waals surface area contributed by atoms with Crippen molar-refractivity contribution in [2.24, 2.45) is 5.92 Å². The number of carbonyl (C=O) groups is 3.